The number of carboxylic acid groups (broad SMARTS) is 1. The van der Waals surface area contributed by atoms with Crippen molar-refractivity contribution in [3.8, 4) is 0 Å². The van der Waals surface area contributed by atoms with Crippen LogP contribution in [-0.4, -0.2) is 80.6 Å². The summed E-state index contributed by atoms with van der Waals surface area (Å²) < 4.78 is 17.4. The largest absolute Gasteiger partial charge is 0.477 e. The van der Waals surface area contributed by atoms with Gasteiger partial charge in [0.1, 0.15) is 6.61 Å². The van der Waals surface area contributed by atoms with Crippen LogP contribution in [0.3, 0.4) is 0 Å². The van der Waals surface area contributed by atoms with Gasteiger partial charge < -0.3 is 23.8 Å². The molecule has 60 heavy (non-hydrogen) atoms. The summed E-state index contributed by atoms with van der Waals surface area (Å²) in [5.41, 5.74) is 0. The summed E-state index contributed by atoms with van der Waals surface area (Å²) in [7, 11) is 5.54. The van der Waals surface area contributed by atoms with E-state index in [0.29, 0.717) is 19.3 Å². The van der Waals surface area contributed by atoms with E-state index in [-0.39, 0.29) is 36.2 Å². The minimum atomic E-state index is -0.871. The highest BCUT2D eigenvalue weighted by molar-refractivity contribution is 5.72. The van der Waals surface area contributed by atoms with E-state index in [4.69, 9.17) is 14.2 Å². The molecule has 8 nitrogen and oxygen atoms in total. The molecule has 0 saturated heterocycles. The predicted octanol–water partition coefficient (Wildman–Crippen LogP) is 14.4. The predicted molar refractivity (Wildman–Crippen MR) is 252 cm³/mol. The van der Waals surface area contributed by atoms with Crippen LogP contribution in [0, 0.1) is 0 Å². The molecule has 1 N–H and O–H groups in total. The molecule has 0 aliphatic carbocycles. The maximum Gasteiger partial charge on any atom is 0.362 e. The normalized spacial score (nSPS) is 13.0. The van der Waals surface area contributed by atoms with Crippen LogP contribution in [0.4, 0.5) is 0 Å². The number of rotatable bonds is 46. The number of quaternary nitrogens is 1. The molecule has 0 heterocycles. The van der Waals surface area contributed by atoms with E-state index in [2.05, 4.69) is 38.2 Å². The second kappa shape index (κ2) is 43.5. The van der Waals surface area contributed by atoms with Crippen LogP contribution in [0.1, 0.15) is 239 Å². The van der Waals surface area contributed by atoms with Crippen LogP contribution in [0.15, 0.2) is 24.3 Å². The molecule has 0 aliphatic rings. The number of hydrogen-bond donors (Lipinski definition) is 1. The standard InChI is InChI=1S/C52H97NO7/c1-6-8-10-12-14-16-18-20-22-23-24-25-26-27-29-30-32-34-36-38-40-42-50(54)59-47-48(46-58-45-44-49(52(56)57)53(3,4)5)60-51(55)43-41-39-37-35-33-31-28-21-19-17-15-13-11-9-7-2/h8,10,14,16,48-49H,6-7,9,11-13,15,17-47H2,1-5H3/p+1/b10-8+,16-14+. The Hall–Kier alpha value is -2.19. The van der Waals surface area contributed by atoms with E-state index in [1.165, 1.54) is 154 Å². The van der Waals surface area contributed by atoms with Crippen molar-refractivity contribution < 1.29 is 38.2 Å². The third-order valence-electron chi connectivity index (χ3n) is 11.6. The molecule has 0 amide bonds. The molecule has 0 aromatic heterocycles. The molecule has 0 aromatic carbocycles. The fourth-order valence-electron chi connectivity index (χ4n) is 7.72. The average molecular weight is 849 g/mol. The fraction of sp³-hybridized carbons (Fsp3) is 0.865. The lowest BCUT2D eigenvalue weighted by molar-refractivity contribution is -0.887. The van der Waals surface area contributed by atoms with Gasteiger partial charge in [0, 0.05) is 19.3 Å². The number of nitrogens with zero attached hydrogens (tertiary/aromatic N) is 1. The molecule has 0 fully saturated rings. The first-order chi connectivity index (χ1) is 29.1. The topological polar surface area (TPSA) is 99.1 Å². The van der Waals surface area contributed by atoms with Gasteiger partial charge in [0.15, 0.2) is 12.1 Å². The Morgan fingerprint density at radius 3 is 1.37 bits per heavy atom. The van der Waals surface area contributed by atoms with E-state index in [9.17, 15) is 19.5 Å². The molecule has 352 valence electrons. The molecule has 0 saturated carbocycles. The van der Waals surface area contributed by atoms with Gasteiger partial charge in [-0.05, 0) is 38.5 Å². The summed E-state index contributed by atoms with van der Waals surface area (Å²) in [6, 6.07) is -0.611. The second-order valence-corrected chi connectivity index (χ2v) is 18.4. The Morgan fingerprint density at radius 2 is 0.933 bits per heavy atom. The SMILES string of the molecule is CC/C=C/C/C=C/CCCCCCCCCCCCCCCCC(=O)OCC(COCCC(C(=O)O)[N+](C)(C)C)OC(=O)CCCCCCCCCCCCCCCCC. The summed E-state index contributed by atoms with van der Waals surface area (Å²) in [5, 5.41) is 9.64. The summed E-state index contributed by atoms with van der Waals surface area (Å²) >= 11 is 0. The Morgan fingerprint density at radius 1 is 0.517 bits per heavy atom. The summed E-state index contributed by atoms with van der Waals surface area (Å²) in [6.45, 7) is 4.68. The van der Waals surface area contributed by atoms with Gasteiger partial charge in [-0.25, -0.2) is 4.79 Å². The van der Waals surface area contributed by atoms with Crippen LogP contribution in [0.2, 0.25) is 0 Å². The van der Waals surface area contributed by atoms with Crippen molar-refractivity contribution in [2.45, 2.75) is 251 Å². The molecule has 0 aliphatic heterocycles. The van der Waals surface area contributed by atoms with Gasteiger partial charge in [-0.2, -0.15) is 0 Å². The van der Waals surface area contributed by atoms with Crippen molar-refractivity contribution in [2.75, 3.05) is 41.0 Å². The van der Waals surface area contributed by atoms with Gasteiger partial charge in [-0.3, -0.25) is 9.59 Å². The van der Waals surface area contributed by atoms with Crippen LogP contribution >= 0.6 is 0 Å². The first-order valence-corrected chi connectivity index (χ1v) is 25.4. The lowest BCUT2D eigenvalue weighted by Crippen LogP contribution is -2.50. The molecule has 8 heteroatoms. The van der Waals surface area contributed by atoms with E-state index in [1.54, 1.807) is 0 Å². The molecule has 2 atom stereocenters. The van der Waals surface area contributed by atoms with Gasteiger partial charge in [-0.1, -0.05) is 205 Å². The van der Waals surface area contributed by atoms with Crippen molar-refractivity contribution >= 4 is 17.9 Å². The van der Waals surface area contributed by atoms with E-state index < -0.39 is 18.1 Å². The van der Waals surface area contributed by atoms with E-state index in [0.717, 1.165) is 51.4 Å². The minimum Gasteiger partial charge on any atom is -0.477 e. The zero-order valence-corrected chi connectivity index (χ0v) is 40.2. The third-order valence-corrected chi connectivity index (χ3v) is 11.6. The number of likely N-dealkylation sites (N-methyl/N-ethyl adjacent to an activating group) is 1. The fourth-order valence-corrected chi connectivity index (χ4v) is 7.72. The first kappa shape index (κ1) is 57.8. The molecule has 0 radical (unpaired) electrons. The number of carbonyl (C=O) groups is 3. The minimum absolute atomic E-state index is 0.0455. The first-order valence-electron chi connectivity index (χ1n) is 25.4. The van der Waals surface area contributed by atoms with Crippen LogP contribution in [0.25, 0.3) is 0 Å². The van der Waals surface area contributed by atoms with Crippen LogP contribution in [-0.2, 0) is 28.6 Å². The number of unbranched alkanes of at least 4 members (excludes halogenated alkanes) is 28. The summed E-state index contributed by atoms with van der Waals surface area (Å²) in [6.07, 6.45) is 49.4. The van der Waals surface area contributed by atoms with Crippen molar-refractivity contribution in [3.63, 3.8) is 0 Å². The second-order valence-electron chi connectivity index (χ2n) is 18.4. The summed E-state index contributed by atoms with van der Waals surface area (Å²) in [4.78, 5) is 37.1. The van der Waals surface area contributed by atoms with Crippen molar-refractivity contribution in [1.82, 2.24) is 0 Å². The highest BCUT2D eigenvalue weighted by atomic mass is 16.6. The van der Waals surface area contributed by atoms with Gasteiger partial charge in [0.05, 0.1) is 34.4 Å². The van der Waals surface area contributed by atoms with Gasteiger partial charge in [-0.15, -0.1) is 0 Å². The number of aliphatic carboxylic acids is 1. The molecule has 2 unspecified atom stereocenters. The number of carbonyl (C=O) groups excluding carboxylic acids is 2. The van der Waals surface area contributed by atoms with Crippen LogP contribution in [0.5, 0.6) is 0 Å². The molecular formula is C52H98NO7+. The lowest BCUT2D eigenvalue weighted by atomic mass is 10.0. The molecule has 0 rings (SSSR count). The van der Waals surface area contributed by atoms with Crippen LogP contribution < -0.4 is 0 Å². The van der Waals surface area contributed by atoms with Crippen molar-refractivity contribution in [1.29, 1.82) is 0 Å². The zero-order chi connectivity index (χ0) is 44.2. The zero-order valence-electron chi connectivity index (χ0n) is 40.2. The van der Waals surface area contributed by atoms with Gasteiger partial charge in [0.2, 0.25) is 0 Å². The number of ether oxygens (including phenoxy) is 3. The highest BCUT2D eigenvalue weighted by Gasteiger charge is 2.31. The highest BCUT2D eigenvalue weighted by Crippen LogP contribution is 2.17. The van der Waals surface area contributed by atoms with Gasteiger partial charge >= 0.3 is 17.9 Å². The number of carboxylic acids is 1. The summed E-state index contributed by atoms with van der Waals surface area (Å²) in [5.74, 6) is -1.45. The molecule has 0 aromatic rings. The lowest BCUT2D eigenvalue weighted by Gasteiger charge is -2.31. The number of esters is 2. The van der Waals surface area contributed by atoms with Gasteiger partial charge in [0.25, 0.3) is 0 Å². The quantitative estimate of drug-likeness (QED) is 0.0282. The van der Waals surface area contributed by atoms with E-state index in [1.807, 2.05) is 21.1 Å². The Bertz CT molecular complexity index is 1040. The Labute approximate surface area is 371 Å². The monoisotopic (exact) mass is 849 g/mol. The van der Waals surface area contributed by atoms with Crippen molar-refractivity contribution in [2.24, 2.45) is 0 Å². The maximum atomic E-state index is 12.8. The molecular weight excluding hydrogens is 751 g/mol. The number of hydrogen-bond acceptors (Lipinski definition) is 6. The third kappa shape index (κ3) is 41.2. The van der Waals surface area contributed by atoms with Crippen molar-refractivity contribution in [3.05, 3.63) is 24.3 Å². The Balaban J connectivity index is 4.18. The molecule has 0 bridgehead atoms. The van der Waals surface area contributed by atoms with E-state index >= 15 is 0 Å². The smallest absolute Gasteiger partial charge is 0.362 e. The maximum absolute atomic E-state index is 12.8. The Kier molecular flexibility index (Phi) is 41.9. The molecule has 0 spiro atoms. The number of allylic oxidation sites excluding steroid dienone is 4. The average Bonchev–Trinajstić information content (AvgIpc) is 3.21.